The Labute approximate surface area is 199 Å². The lowest BCUT2D eigenvalue weighted by Gasteiger charge is -2.22. The molecule has 3 rings (SSSR count). The number of amidine groups is 1. The van der Waals surface area contributed by atoms with Crippen molar-refractivity contribution in [1.29, 1.82) is 0 Å². The summed E-state index contributed by atoms with van der Waals surface area (Å²) in [4.78, 5) is 7.08. The molecule has 3 aromatic rings. The topological polar surface area (TPSA) is 27.6 Å². The minimum Gasteiger partial charge on any atom is -0.361 e. The zero-order chi connectivity index (χ0) is 24.9. The van der Waals surface area contributed by atoms with Crippen molar-refractivity contribution in [3.8, 4) is 11.1 Å². The first-order valence-electron chi connectivity index (χ1n) is 11.3. The second-order valence-corrected chi connectivity index (χ2v) is 8.03. The van der Waals surface area contributed by atoms with Crippen molar-refractivity contribution in [2.45, 2.75) is 33.9 Å². The molecule has 0 aliphatic heterocycles. The van der Waals surface area contributed by atoms with Gasteiger partial charge in [0.25, 0.3) is 0 Å². The molecule has 0 aliphatic rings. The fraction of sp³-hybridized carbons (Fsp3) is 0.250. The van der Waals surface area contributed by atoms with Gasteiger partial charge in [0, 0.05) is 24.4 Å². The molecule has 1 N–H and O–H groups in total. The molecule has 0 unspecified atom stereocenters. The van der Waals surface area contributed by atoms with Crippen molar-refractivity contribution in [2.75, 3.05) is 18.4 Å². The van der Waals surface area contributed by atoms with Crippen LogP contribution in [0.4, 0.5) is 24.5 Å². The molecule has 178 valence electrons. The van der Waals surface area contributed by atoms with Gasteiger partial charge < -0.3 is 10.2 Å². The van der Waals surface area contributed by atoms with Crippen LogP contribution >= 0.6 is 0 Å². The highest BCUT2D eigenvalue weighted by Gasteiger charge is 2.30. The number of hydrogen-bond donors (Lipinski definition) is 1. The fourth-order valence-corrected chi connectivity index (χ4v) is 3.89. The molecule has 0 aromatic heterocycles. The molecule has 3 aromatic carbocycles. The fourth-order valence-electron chi connectivity index (χ4n) is 3.89. The molecular weight excluding hydrogens is 435 g/mol. The molecule has 0 saturated heterocycles. The van der Waals surface area contributed by atoms with Crippen molar-refractivity contribution in [3.63, 3.8) is 0 Å². The first-order chi connectivity index (χ1) is 16.2. The molecule has 0 radical (unpaired) electrons. The molecule has 0 spiro atoms. The highest BCUT2D eigenvalue weighted by molar-refractivity contribution is 5.91. The van der Waals surface area contributed by atoms with Gasteiger partial charge in [0.1, 0.15) is 5.84 Å². The van der Waals surface area contributed by atoms with Gasteiger partial charge >= 0.3 is 6.18 Å². The molecule has 34 heavy (non-hydrogen) atoms. The zero-order valence-corrected chi connectivity index (χ0v) is 20.0. The average Bonchev–Trinajstić information content (AvgIpc) is 2.81. The number of benzene rings is 3. The summed E-state index contributed by atoms with van der Waals surface area (Å²) in [7, 11) is 0. The van der Waals surface area contributed by atoms with Gasteiger partial charge in [-0.1, -0.05) is 55.1 Å². The number of halogens is 3. The number of aryl methyl sites for hydroxylation is 1. The zero-order valence-electron chi connectivity index (χ0n) is 20.0. The summed E-state index contributed by atoms with van der Waals surface area (Å²) in [6, 6.07) is 18.6. The van der Waals surface area contributed by atoms with Crippen LogP contribution in [0.15, 0.2) is 78.3 Å². The SMILES string of the molecule is C=C(Nc1cccc(C)c1N=C(C)N(CC)CC)c1ccccc1-c1ccc(C(F)(F)F)cc1. The Balaban J connectivity index is 1.95. The van der Waals surface area contributed by atoms with Crippen LogP contribution in [0, 0.1) is 6.92 Å². The number of anilines is 1. The van der Waals surface area contributed by atoms with Crippen LogP contribution in [-0.4, -0.2) is 23.8 Å². The number of hydrogen-bond acceptors (Lipinski definition) is 2. The van der Waals surface area contributed by atoms with E-state index in [2.05, 4.69) is 30.6 Å². The van der Waals surface area contributed by atoms with E-state index in [1.165, 1.54) is 12.1 Å². The molecule has 0 bridgehead atoms. The van der Waals surface area contributed by atoms with Crippen LogP contribution in [-0.2, 0) is 6.18 Å². The molecule has 0 aliphatic carbocycles. The van der Waals surface area contributed by atoms with Gasteiger partial charge in [0.15, 0.2) is 0 Å². The van der Waals surface area contributed by atoms with E-state index in [9.17, 15) is 13.2 Å². The van der Waals surface area contributed by atoms with Crippen molar-refractivity contribution in [1.82, 2.24) is 4.90 Å². The summed E-state index contributed by atoms with van der Waals surface area (Å²) >= 11 is 0. The van der Waals surface area contributed by atoms with Gasteiger partial charge in [-0.3, -0.25) is 0 Å². The summed E-state index contributed by atoms with van der Waals surface area (Å²) in [6.07, 6.45) is -4.37. The van der Waals surface area contributed by atoms with Gasteiger partial charge in [-0.25, -0.2) is 4.99 Å². The molecule has 0 heterocycles. The van der Waals surface area contributed by atoms with E-state index in [4.69, 9.17) is 4.99 Å². The number of alkyl halides is 3. The summed E-state index contributed by atoms with van der Waals surface area (Å²) in [5, 5.41) is 3.39. The minimum absolute atomic E-state index is 0.637. The molecule has 0 saturated carbocycles. The Kier molecular flexibility index (Phi) is 7.82. The van der Waals surface area contributed by atoms with Crippen molar-refractivity contribution in [2.24, 2.45) is 4.99 Å². The van der Waals surface area contributed by atoms with Crippen LogP contribution in [0.2, 0.25) is 0 Å². The monoisotopic (exact) mass is 465 g/mol. The van der Waals surface area contributed by atoms with Crippen LogP contribution in [0.25, 0.3) is 16.8 Å². The standard InChI is InChI=1S/C28H30F3N3/c1-6-34(7-2)21(5)33-27-19(3)11-10-14-26(27)32-20(4)24-12-8-9-13-25(24)22-15-17-23(18-16-22)28(29,30)31/h8-18,32H,4,6-7H2,1-3,5H3. The van der Waals surface area contributed by atoms with Gasteiger partial charge in [0.2, 0.25) is 0 Å². The number of nitrogens with one attached hydrogen (secondary N) is 1. The van der Waals surface area contributed by atoms with Crippen LogP contribution < -0.4 is 5.32 Å². The predicted molar refractivity (Wildman–Crippen MR) is 136 cm³/mol. The third-order valence-corrected chi connectivity index (χ3v) is 5.79. The molecule has 6 heteroatoms. The van der Waals surface area contributed by atoms with Crippen molar-refractivity contribution >= 4 is 22.9 Å². The Morgan fingerprint density at radius 3 is 2.21 bits per heavy atom. The van der Waals surface area contributed by atoms with E-state index in [1.54, 1.807) is 0 Å². The minimum atomic E-state index is -4.37. The number of rotatable bonds is 7. The van der Waals surface area contributed by atoms with E-state index in [0.717, 1.165) is 59.1 Å². The normalized spacial score (nSPS) is 11.9. The van der Waals surface area contributed by atoms with Gasteiger partial charge in [0.05, 0.1) is 16.9 Å². The van der Waals surface area contributed by atoms with E-state index in [1.807, 2.05) is 56.3 Å². The van der Waals surface area contributed by atoms with E-state index >= 15 is 0 Å². The highest BCUT2D eigenvalue weighted by Crippen LogP contribution is 2.35. The Morgan fingerprint density at radius 1 is 0.941 bits per heavy atom. The summed E-state index contributed by atoms with van der Waals surface area (Å²) in [5.41, 5.74) is 4.94. The summed E-state index contributed by atoms with van der Waals surface area (Å²) in [5.74, 6) is 0.929. The maximum absolute atomic E-state index is 13.0. The third-order valence-electron chi connectivity index (χ3n) is 5.79. The van der Waals surface area contributed by atoms with Crippen LogP contribution in [0.1, 0.15) is 37.5 Å². The van der Waals surface area contributed by atoms with Crippen LogP contribution in [0.3, 0.4) is 0 Å². The second kappa shape index (κ2) is 10.6. The summed E-state index contributed by atoms with van der Waals surface area (Å²) in [6.45, 7) is 14.2. The molecular formula is C28H30F3N3. The van der Waals surface area contributed by atoms with Crippen molar-refractivity contribution in [3.05, 3.63) is 90.0 Å². The number of aliphatic imine (C=N–C) groups is 1. The maximum Gasteiger partial charge on any atom is 0.416 e. The molecule has 0 amide bonds. The average molecular weight is 466 g/mol. The van der Waals surface area contributed by atoms with Gasteiger partial charge in [-0.15, -0.1) is 0 Å². The highest BCUT2D eigenvalue weighted by atomic mass is 19.4. The third kappa shape index (κ3) is 5.68. The lowest BCUT2D eigenvalue weighted by atomic mass is 9.97. The van der Waals surface area contributed by atoms with E-state index < -0.39 is 11.7 Å². The van der Waals surface area contributed by atoms with Gasteiger partial charge in [-0.05, 0) is 62.6 Å². The first kappa shape index (κ1) is 25.1. The van der Waals surface area contributed by atoms with Gasteiger partial charge in [-0.2, -0.15) is 13.2 Å². The first-order valence-corrected chi connectivity index (χ1v) is 11.3. The van der Waals surface area contributed by atoms with E-state index in [-0.39, 0.29) is 0 Å². The lowest BCUT2D eigenvalue weighted by Crippen LogP contribution is -2.28. The summed E-state index contributed by atoms with van der Waals surface area (Å²) < 4.78 is 39.0. The van der Waals surface area contributed by atoms with E-state index in [0.29, 0.717) is 11.3 Å². The molecule has 0 atom stereocenters. The second-order valence-electron chi connectivity index (χ2n) is 8.03. The predicted octanol–water partition coefficient (Wildman–Crippen LogP) is 8.16. The maximum atomic E-state index is 13.0. The number of para-hydroxylation sites is 1. The Morgan fingerprint density at radius 2 is 1.59 bits per heavy atom. The largest absolute Gasteiger partial charge is 0.416 e. The Hall–Kier alpha value is -3.54. The smallest absolute Gasteiger partial charge is 0.361 e. The molecule has 3 nitrogen and oxygen atoms in total. The number of nitrogens with zero attached hydrogens (tertiary/aromatic N) is 2. The lowest BCUT2D eigenvalue weighted by molar-refractivity contribution is -0.137. The Bertz CT molecular complexity index is 1170. The van der Waals surface area contributed by atoms with Crippen LogP contribution in [0.5, 0.6) is 0 Å². The molecule has 0 fully saturated rings. The quantitative estimate of drug-likeness (QED) is 0.282. The van der Waals surface area contributed by atoms with Crippen molar-refractivity contribution < 1.29 is 13.2 Å².